The molecule has 0 radical (unpaired) electrons. The van der Waals surface area contributed by atoms with Crippen LogP contribution < -0.4 is 5.32 Å². The van der Waals surface area contributed by atoms with Crippen LogP contribution in [0.2, 0.25) is 5.02 Å². The van der Waals surface area contributed by atoms with Crippen molar-refractivity contribution in [1.29, 1.82) is 0 Å². The van der Waals surface area contributed by atoms with Crippen molar-refractivity contribution in [1.82, 2.24) is 4.90 Å². The lowest BCUT2D eigenvalue weighted by atomic mass is 10.1. The van der Waals surface area contributed by atoms with E-state index in [2.05, 4.69) is 5.32 Å². The van der Waals surface area contributed by atoms with E-state index < -0.39 is 0 Å². The van der Waals surface area contributed by atoms with Crippen molar-refractivity contribution in [2.24, 2.45) is 0 Å². The number of halogens is 1. The first-order valence-corrected chi connectivity index (χ1v) is 4.65. The summed E-state index contributed by atoms with van der Waals surface area (Å²) in [5.41, 5.74) is 0.827. The smallest absolute Gasteiger partial charge is 0.255 e. The Hall–Kier alpha value is -1.55. The molecule has 0 spiro atoms. The number of nitrogens with one attached hydrogen (secondary N) is 1. The summed E-state index contributed by atoms with van der Waals surface area (Å²) in [6, 6.07) is 4.73. The highest BCUT2D eigenvalue weighted by atomic mass is 35.5. The Kier molecular flexibility index (Phi) is 3.68. The third-order valence-electron chi connectivity index (χ3n) is 1.83. The van der Waals surface area contributed by atoms with Crippen LogP contribution in [0.1, 0.15) is 10.4 Å². The van der Waals surface area contributed by atoms with E-state index >= 15 is 0 Å². The fourth-order valence-electron chi connectivity index (χ4n) is 1.12. The molecule has 0 atom stereocenters. The topological polar surface area (TPSA) is 49.4 Å². The van der Waals surface area contributed by atoms with E-state index in [0.717, 1.165) is 0 Å². The summed E-state index contributed by atoms with van der Waals surface area (Å²) in [6.07, 6.45) is 0.523. The molecule has 4 nitrogen and oxygen atoms in total. The first-order valence-electron chi connectivity index (χ1n) is 4.27. The van der Waals surface area contributed by atoms with Crippen molar-refractivity contribution < 1.29 is 9.59 Å². The molecule has 0 fully saturated rings. The predicted molar refractivity (Wildman–Crippen MR) is 59.2 cm³/mol. The molecular formula is C10H11ClN2O2. The van der Waals surface area contributed by atoms with Gasteiger partial charge in [0.1, 0.15) is 0 Å². The van der Waals surface area contributed by atoms with Gasteiger partial charge in [-0.2, -0.15) is 0 Å². The first-order chi connectivity index (χ1) is 7.06. The summed E-state index contributed by atoms with van der Waals surface area (Å²) in [4.78, 5) is 23.5. The van der Waals surface area contributed by atoms with E-state index in [-0.39, 0.29) is 5.91 Å². The number of rotatable bonds is 3. The summed E-state index contributed by atoms with van der Waals surface area (Å²) in [5, 5.41) is 2.91. The molecule has 0 saturated heterocycles. The van der Waals surface area contributed by atoms with Crippen LogP contribution in [-0.2, 0) is 4.79 Å². The van der Waals surface area contributed by atoms with Gasteiger partial charge in [-0.3, -0.25) is 9.59 Å². The Morgan fingerprint density at radius 1 is 1.47 bits per heavy atom. The van der Waals surface area contributed by atoms with Crippen LogP contribution in [-0.4, -0.2) is 31.3 Å². The Bertz CT molecular complexity index is 391. The molecule has 1 aromatic rings. The highest BCUT2D eigenvalue weighted by molar-refractivity contribution is 6.31. The van der Waals surface area contributed by atoms with E-state index in [1.807, 2.05) is 0 Å². The number of nitrogens with zero attached hydrogens (tertiary/aromatic N) is 1. The summed E-state index contributed by atoms with van der Waals surface area (Å²) < 4.78 is 0. The zero-order valence-corrected chi connectivity index (χ0v) is 9.21. The molecule has 1 aromatic carbocycles. The maximum atomic E-state index is 11.7. The highest BCUT2D eigenvalue weighted by Crippen LogP contribution is 2.21. The Balaban J connectivity index is 3.17. The molecule has 0 aliphatic carbocycles. The van der Waals surface area contributed by atoms with Gasteiger partial charge in [-0.15, -0.1) is 0 Å². The van der Waals surface area contributed by atoms with Gasteiger partial charge < -0.3 is 10.2 Å². The van der Waals surface area contributed by atoms with E-state index in [1.54, 1.807) is 26.2 Å². The van der Waals surface area contributed by atoms with E-state index in [9.17, 15) is 9.59 Å². The largest absolute Gasteiger partial charge is 0.345 e. The molecule has 0 aromatic heterocycles. The van der Waals surface area contributed by atoms with Gasteiger partial charge in [0.25, 0.3) is 5.91 Å². The molecule has 0 bridgehead atoms. The SMILES string of the molecule is CN(C)C(=O)c1cc(Cl)ccc1NC=O. The average molecular weight is 227 g/mol. The quantitative estimate of drug-likeness (QED) is 0.797. The summed E-state index contributed by atoms with van der Waals surface area (Å²) in [5.74, 6) is -0.207. The third-order valence-corrected chi connectivity index (χ3v) is 2.07. The monoisotopic (exact) mass is 226 g/mol. The number of hydrogen-bond acceptors (Lipinski definition) is 2. The third kappa shape index (κ3) is 2.70. The number of anilines is 1. The van der Waals surface area contributed by atoms with Crippen molar-refractivity contribution >= 4 is 29.6 Å². The Morgan fingerprint density at radius 3 is 2.67 bits per heavy atom. The van der Waals surface area contributed by atoms with Gasteiger partial charge in [0.15, 0.2) is 0 Å². The fourth-order valence-corrected chi connectivity index (χ4v) is 1.30. The maximum absolute atomic E-state index is 11.7. The minimum Gasteiger partial charge on any atom is -0.345 e. The lowest BCUT2D eigenvalue weighted by molar-refractivity contribution is -0.105. The second-order valence-corrected chi connectivity index (χ2v) is 3.59. The number of carbonyl (C=O) groups is 2. The number of hydrogen-bond donors (Lipinski definition) is 1. The molecule has 2 amide bonds. The minimum atomic E-state index is -0.207. The van der Waals surface area contributed by atoms with Crippen LogP contribution >= 0.6 is 11.6 Å². The summed E-state index contributed by atoms with van der Waals surface area (Å²) in [7, 11) is 3.27. The van der Waals surface area contributed by atoms with Crippen LogP contribution in [0, 0.1) is 0 Å². The van der Waals surface area contributed by atoms with Crippen LogP contribution in [0.4, 0.5) is 5.69 Å². The summed E-state index contributed by atoms with van der Waals surface area (Å²) in [6.45, 7) is 0. The highest BCUT2D eigenvalue weighted by Gasteiger charge is 2.13. The minimum absolute atomic E-state index is 0.207. The van der Waals surface area contributed by atoms with Gasteiger partial charge >= 0.3 is 0 Å². The van der Waals surface area contributed by atoms with Crippen LogP contribution in [0.3, 0.4) is 0 Å². The lowest BCUT2D eigenvalue weighted by Crippen LogP contribution is -2.22. The van der Waals surface area contributed by atoms with Crippen molar-refractivity contribution in [3.63, 3.8) is 0 Å². The van der Waals surface area contributed by atoms with Crippen LogP contribution in [0.5, 0.6) is 0 Å². The molecular weight excluding hydrogens is 216 g/mol. The molecule has 1 N–H and O–H groups in total. The zero-order valence-electron chi connectivity index (χ0n) is 8.45. The molecule has 5 heteroatoms. The number of benzene rings is 1. The van der Waals surface area contributed by atoms with Crippen LogP contribution in [0.25, 0.3) is 0 Å². The Morgan fingerprint density at radius 2 is 2.13 bits per heavy atom. The molecule has 0 heterocycles. The van der Waals surface area contributed by atoms with Crippen LogP contribution in [0.15, 0.2) is 18.2 Å². The molecule has 0 unspecified atom stereocenters. The van der Waals surface area contributed by atoms with Gasteiger partial charge in [-0.25, -0.2) is 0 Å². The van der Waals surface area contributed by atoms with E-state index in [1.165, 1.54) is 11.0 Å². The maximum Gasteiger partial charge on any atom is 0.255 e. The van der Waals surface area contributed by atoms with Gasteiger partial charge in [0.2, 0.25) is 6.41 Å². The molecule has 0 aliphatic heterocycles. The average Bonchev–Trinajstić information content (AvgIpc) is 2.20. The Labute approximate surface area is 92.8 Å². The van der Waals surface area contributed by atoms with Gasteiger partial charge in [0.05, 0.1) is 11.3 Å². The van der Waals surface area contributed by atoms with Crippen molar-refractivity contribution in [3.05, 3.63) is 28.8 Å². The van der Waals surface area contributed by atoms with Gasteiger partial charge in [0, 0.05) is 19.1 Å². The fraction of sp³-hybridized carbons (Fsp3) is 0.200. The van der Waals surface area contributed by atoms with Gasteiger partial charge in [-0.05, 0) is 18.2 Å². The molecule has 15 heavy (non-hydrogen) atoms. The second kappa shape index (κ2) is 4.79. The van der Waals surface area contributed by atoms with E-state index in [0.29, 0.717) is 22.7 Å². The second-order valence-electron chi connectivity index (χ2n) is 3.15. The molecule has 80 valence electrons. The summed E-state index contributed by atoms with van der Waals surface area (Å²) >= 11 is 5.78. The van der Waals surface area contributed by atoms with Gasteiger partial charge in [-0.1, -0.05) is 11.6 Å². The first kappa shape index (κ1) is 11.5. The van der Waals surface area contributed by atoms with Crippen molar-refractivity contribution in [2.45, 2.75) is 0 Å². The lowest BCUT2D eigenvalue weighted by Gasteiger charge is -2.13. The molecule has 0 aliphatic rings. The van der Waals surface area contributed by atoms with Crippen molar-refractivity contribution in [2.75, 3.05) is 19.4 Å². The predicted octanol–water partition coefficient (Wildman–Crippen LogP) is 1.61. The van der Waals surface area contributed by atoms with E-state index in [4.69, 9.17) is 11.6 Å². The van der Waals surface area contributed by atoms with Crippen molar-refractivity contribution in [3.8, 4) is 0 Å². The number of amides is 2. The molecule has 0 saturated carbocycles. The molecule has 1 rings (SSSR count). The zero-order chi connectivity index (χ0) is 11.4. The number of carbonyl (C=O) groups excluding carboxylic acids is 2. The standard InChI is InChI=1S/C10H11ClN2O2/c1-13(2)10(15)8-5-7(11)3-4-9(8)12-6-14/h3-6H,1-2H3,(H,12,14). The normalized spacial score (nSPS) is 9.53.